The second-order valence-corrected chi connectivity index (χ2v) is 5.67. The maximum Gasteiger partial charge on any atom is 0.127 e. The molecule has 0 aromatic heterocycles. The van der Waals surface area contributed by atoms with Crippen molar-refractivity contribution in [3.8, 4) is 5.75 Å². The summed E-state index contributed by atoms with van der Waals surface area (Å²) < 4.78 is 5.90. The summed E-state index contributed by atoms with van der Waals surface area (Å²) in [6.45, 7) is 2.03. The molecule has 2 aliphatic heterocycles. The van der Waals surface area contributed by atoms with E-state index in [0.717, 1.165) is 18.9 Å². The molecule has 1 saturated carbocycles. The van der Waals surface area contributed by atoms with E-state index in [4.69, 9.17) is 4.74 Å². The number of fused-ring (bicyclic) bond motifs is 1. The van der Waals surface area contributed by atoms with E-state index < -0.39 is 0 Å². The smallest absolute Gasteiger partial charge is 0.127 e. The maximum absolute atomic E-state index is 5.90. The SMILES string of the molecule is c1cc2c(c(C3(C4CC4)CCCN3)c1)OCC2. The Bertz CT molecular complexity index is 444. The molecular formula is C15H19NO. The van der Waals surface area contributed by atoms with Gasteiger partial charge in [-0.25, -0.2) is 0 Å². The molecule has 0 radical (unpaired) electrons. The van der Waals surface area contributed by atoms with Gasteiger partial charge in [-0.2, -0.15) is 0 Å². The summed E-state index contributed by atoms with van der Waals surface area (Å²) in [5.41, 5.74) is 3.11. The van der Waals surface area contributed by atoms with Crippen molar-refractivity contribution in [3.05, 3.63) is 29.3 Å². The van der Waals surface area contributed by atoms with Crippen LogP contribution in [0.1, 0.15) is 36.8 Å². The Morgan fingerprint density at radius 2 is 2.24 bits per heavy atom. The Morgan fingerprint density at radius 1 is 1.29 bits per heavy atom. The van der Waals surface area contributed by atoms with Gasteiger partial charge in [0.05, 0.1) is 12.1 Å². The van der Waals surface area contributed by atoms with Gasteiger partial charge in [-0.3, -0.25) is 0 Å². The van der Waals surface area contributed by atoms with Crippen LogP contribution in [0.2, 0.25) is 0 Å². The fourth-order valence-corrected chi connectivity index (χ4v) is 3.71. The first-order valence-electron chi connectivity index (χ1n) is 6.90. The monoisotopic (exact) mass is 229 g/mol. The molecule has 1 aromatic carbocycles. The summed E-state index contributed by atoms with van der Waals surface area (Å²) in [5.74, 6) is 2.05. The summed E-state index contributed by atoms with van der Waals surface area (Å²) in [7, 11) is 0. The van der Waals surface area contributed by atoms with Crippen molar-refractivity contribution in [1.29, 1.82) is 0 Å². The number of para-hydroxylation sites is 1. The van der Waals surface area contributed by atoms with Gasteiger partial charge in [-0.1, -0.05) is 18.2 Å². The average Bonchev–Trinajstić information content (AvgIpc) is 2.94. The second-order valence-electron chi connectivity index (χ2n) is 5.67. The third-order valence-electron chi connectivity index (χ3n) is 4.66. The lowest BCUT2D eigenvalue weighted by molar-refractivity contribution is 0.302. The fraction of sp³-hybridized carbons (Fsp3) is 0.600. The molecule has 2 heteroatoms. The van der Waals surface area contributed by atoms with Crippen LogP contribution < -0.4 is 10.1 Å². The Labute approximate surface area is 102 Å². The molecule has 1 aromatic rings. The average molecular weight is 229 g/mol. The van der Waals surface area contributed by atoms with Crippen LogP contribution in [0.15, 0.2) is 18.2 Å². The molecule has 2 nitrogen and oxygen atoms in total. The third-order valence-corrected chi connectivity index (χ3v) is 4.66. The van der Waals surface area contributed by atoms with Crippen LogP contribution in [-0.2, 0) is 12.0 Å². The minimum Gasteiger partial charge on any atom is -0.493 e. The van der Waals surface area contributed by atoms with Crippen LogP contribution in [0.25, 0.3) is 0 Å². The van der Waals surface area contributed by atoms with Crippen molar-refractivity contribution in [2.24, 2.45) is 5.92 Å². The molecule has 0 spiro atoms. The lowest BCUT2D eigenvalue weighted by Gasteiger charge is -2.31. The number of hydrogen-bond donors (Lipinski definition) is 1. The van der Waals surface area contributed by atoms with Crippen molar-refractivity contribution in [2.75, 3.05) is 13.2 Å². The maximum atomic E-state index is 5.90. The predicted molar refractivity (Wildman–Crippen MR) is 67.3 cm³/mol. The van der Waals surface area contributed by atoms with Crippen LogP contribution in [0.3, 0.4) is 0 Å². The summed E-state index contributed by atoms with van der Waals surface area (Å²) in [6.07, 6.45) is 6.45. The molecule has 17 heavy (non-hydrogen) atoms. The summed E-state index contributed by atoms with van der Waals surface area (Å²) >= 11 is 0. The minimum absolute atomic E-state index is 0.246. The zero-order valence-electron chi connectivity index (χ0n) is 10.2. The first-order chi connectivity index (χ1) is 8.40. The largest absolute Gasteiger partial charge is 0.493 e. The molecule has 3 aliphatic rings. The lowest BCUT2D eigenvalue weighted by atomic mass is 9.82. The van der Waals surface area contributed by atoms with E-state index in [9.17, 15) is 0 Å². The first kappa shape index (κ1) is 9.95. The Morgan fingerprint density at radius 3 is 3.00 bits per heavy atom. The summed E-state index contributed by atoms with van der Waals surface area (Å²) in [5, 5.41) is 3.80. The normalized spacial score (nSPS) is 31.3. The Balaban J connectivity index is 1.85. The van der Waals surface area contributed by atoms with Gasteiger partial charge < -0.3 is 10.1 Å². The molecule has 2 fully saturated rings. The van der Waals surface area contributed by atoms with Gasteiger partial charge >= 0.3 is 0 Å². The second kappa shape index (κ2) is 3.49. The van der Waals surface area contributed by atoms with E-state index in [-0.39, 0.29) is 5.54 Å². The molecular weight excluding hydrogens is 210 g/mol. The van der Waals surface area contributed by atoms with Gasteiger partial charge in [-0.15, -0.1) is 0 Å². The molecule has 1 aliphatic carbocycles. The lowest BCUT2D eigenvalue weighted by Crippen LogP contribution is -2.39. The van der Waals surface area contributed by atoms with Crippen molar-refractivity contribution in [1.82, 2.24) is 5.32 Å². The van der Waals surface area contributed by atoms with E-state index in [1.54, 1.807) is 0 Å². The zero-order chi connectivity index (χ0) is 11.3. The highest BCUT2D eigenvalue weighted by Crippen LogP contribution is 2.53. The fourth-order valence-electron chi connectivity index (χ4n) is 3.71. The molecule has 1 N–H and O–H groups in total. The Kier molecular flexibility index (Phi) is 2.04. The van der Waals surface area contributed by atoms with Gasteiger partial charge in [0.1, 0.15) is 5.75 Å². The van der Waals surface area contributed by atoms with E-state index in [1.807, 2.05) is 0 Å². The van der Waals surface area contributed by atoms with Crippen molar-refractivity contribution >= 4 is 0 Å². The van der Waals surface area contributed by atoms with Crippen molar-refractivity contribution in [2.45, 2.75) is 37.6 Å². The molecule has 1 saturated heterocycles. The molecule has 0 amide bonds. The zero-order valence-corrected chi connectivity index (χ0v) is 10.2. The number of rotatable bonds is 2. The van der Waals surface area contributed by atoms with Gasteiger partial charge in [0.15, 0.2) is 0 Å². The number of ether oxygens (including phenoxy) is 1. The highest BCUT2D eigenvalue weighted by molar-refractivity contribution is 5.49. The molecule has 0 bridgehead atoms. The van der Waals surface area contributed by atoms with Gasteiger partial charge in [0.2, 0.25) is 0 Å². The van der Waals surface area contributed by atoms with Crippen molar-refractivity contribution < 1.29 is 4.74 Å². The van der Waals surface area contributed by atoms with Crippen LogP contribution in [0.4, 0.5) is 0 Å². The predicted octanol–water partition coefficient (Wildman–Crippen LogP) is 2.61. The molecule has 2 heterocycles. The van der Waals surface area contributed by atoms with Crippen molar-refractivity contribution in [3.63, 3.8) is 0 Å². The Hall–Kier alpha value is -1.02. The van der Waals surface area contributed by atoms with E-state index in [1.165, 1.54) is 49.1 Å². The van der Waals surface area contributed by atoms with E-state index >= 15 is 0 Å². The van der Waals surface area contributed by atoms with E-state index in [2.05, 4.69) is 23.5 Å². The molecule has 1 unspecified atom stereocenters. The first-order valence-corrected chi connectivity index (χ1v) is 6.90. The van der Waals surface area contributed by atoms with E-state index in [0.29, 0.717) is 0 Å². The van der Waals surface area contributed by atoms with Gasteiger partial charge in [0.25, 0.3) is 0 Å². The van der Waals surface area contributed by atoms with Crippen LogP contribution in [0.5, 0.6) is 5.75 Å². The quantitative estimate of drug-likeness (QED) is 0.841. The topological polar surface area (TPSA) is 21.3 Å². The third kappa shape index (κ3) is 1.37. The molecule has 1 atom stereocenters. The molecule has 4 rings (SSSR count). The highest BCUT2D eigenvalue weighted by Gasteiger charge is 2.49. The van der Waals surface area contributed by atoms with Crippen LogP contribution in [-0.4, -0.2) is 13.2 Å². The summed E-state index contributed by atoms with van der Waals surface area (Å²) in [4.78, 5) is 0. The highest BCUT2D eigenvalue weighted by atomic mass is 16.5. The van der Waals surface area contributed by atoms with Crippen LogP contribution in [0, 0.1) is 5.92 Å². The summed E-state index contributed by atoms with van der Waals surface area (Å²) in [6, 6.07) is 6.73. The number of hydrogen-bond acceptors (Lipinski definition) is 2. The number of benzene rings is 1. The number of nitrogens with one attached hydrogen (secondary N) is 1. The van der Waals surface area contributed by atoms with Crippen LogP contribution >= 0.6 is 0 Å². The van der Waals surface area contributed by atoms with Gasteiger partial charge in [-0.05, 0) is 43.7 Å². The minimum atomic E-state index is 0.246. The molecule has 90 valence electrons. The van der Waals surface area contributed by atoms with Gasteiger partial charge in [0, 0.05) is 12.0 Å². The standard InChI is InChI=1S/C15H19NO/c1-3-11-7-10-17-14(11)13(4-1)15(12-5-6-12)8-2-9-16-15/h1,3-4,12,16H,2,5-10H2.